The molecule has 2 rings (SSSR count). The predicted molar refractivity (Wildman–Crippen MR) is 87.5 cm³/mol. The van der Waals surface area contributed by atoms with Gasteiger partial charge in [0.05, 0.1) is 0 Å². The molecule has 1 aliphatic rings. The van der Waals surface area contributed by atoms with Crippen LogP contribution in [0.4, 0.5) is 5.69 Å². The van der Waals surface area contributed by atoms with Gasteiger partial charge in [0.15, 0.2) is 0 Å². The molecule has 1 fully saturated rings. The summed E-state index contributed by atoms with van der Waals surface area (Å²) < 4.78 is 0. The van der Waals surface area contributed by atoms with Crippen molar-refractivity contribution in [3.05, 3.63) is 29.8 Å². The van der Waals surface area contributed by atoms with E-state index >= 15 is 0 Å². The molecule has 0 atom stereocenters. The molecule has 4 nitrogen and oxygen atoms in total. The van der Waals surface area contributed by atoms with Crippen LogP contribution in [0.2, 0.25) is 0 Å². The molecule has 0 saturated carbocycles. The quantitative estimate of drug-likeness (QED) is 0.845. The Morgan fingerprint density at radius 2 is 2.00 bits per heavy atom. The van der Waals surface area contributed by atoms with Crippen molar-refractivity contribution in [3.8, 4) is 0 Å². The van der Waals surface area contributed by atoms with E-state index in [9.17, 15) is 4.79 Å². The molecular weight excluding hydrogens is 262 g/mol. The third-order valence-electron chi connectivity index (χ3n) is 4.02. The predicted octanol–water partition coefficient (Wildman–Crippen LogP) is 2.24. The second-order valence-electron chi connectivity index (χ2n) is 5.65. The van der Waals surface area contributed by atoms with Crippen LogP contribution in [0.3, 0.4) is 0 Å². The van der Waals surface area contributed by atoms with Gasteiger partial charge < -0.3 is 15.1 Å². The Bertz CT molecular complexity index is 461. The number of amides is 1. The highest BCUT2D eigenvalue weighted by atomic mass is 16.2. The molecule has 21 heavy (non-hydrogen) atoms. The van der Waals surface area contributed by atoms with Gasteiger partial charge in [0, 0.05) is 45.3 Å². The molecule has 0 radical (unpaired) electrons. The second kappa shape index (κ2) is 8.03. The maximum absolute atomic E-state index is 11.5. The van der Waals surface area contributed by atoms with Gasteiger partial charge in [0.25, 0.3) is 0 Å². The first kappa shape index (κ1) is 15.8. The number of hydrogen-bond acceptors (Lipinski definition) is 3. The molecule has 1 aliphatic heterocycles. The van der Waals surface area contributed by atoms with E-state index in [1.165, 1.54) is 11.3 Å². The summed E-state index contributed by atoms with van der Waals surface area (Å²) >= 11 is 0. The summed E-state index contributed by atoms with van der Waals surface area (Å²) in [6, 6.07) is 8.61. The van der Waals surface area contributed by atoms with Gasteiger partial charge in [-0.3, -0.25) is 4.79 Å². The van der Waals surface area contributed by atoms with Crippen LogP contribution in [0, 0.1) is 0 Å². The Morgan fingerprint density at radius 1 is 1.19 bits per heavy atom. The molecule has 0 aromatic heterocycles. The zero-order valence-electron chi connectivity index (χ0n) is 13.3. The van der Waals surface area contributed by atoms with Crippen molar-refractivity contribution in [2.75, 3.05) is 37.6 Å². The fraction of sp³-hybridized carbons (Fsp3) is 0.588. The van der Waals surface area contributed by atoms with E-state index in [1.807, 2.05) is 4.90 Å². The summed E-state index contributed by atoms with van der Waals surface area (Å²) in [5.74, 6) is 0.190. The molecule has 1 saturated heterocycles. The van der Waals surface area contributed by atoms with E-state index < -0.39 is 0 Å². The van der Waals surface area contributed by atoms with Gasteiger partial charge in [0.2, 0.25) is 5.91 Å². The number of nitrogens with one attached hydrogen (secondary N) is 1. The van der Waals surface area contributed by atoms with Crippen molar-refractivity contribution in [1.29, 1.82) is 0 Å². The maximum Gasteiger partial charge on any atom is 0.219 e. The van der Waals surface area contributed by atoms with E-state index in [0.717, 1.165) is 52.1 Å². The van der Waals surface area contributed by atoms with Gasteiger partial charge >= 0.3 is 0 Å². The third-order valence-corrected chi connectivity index (χ3v) is 4.02. The lowest BCUT2D eigenvalue weighted by Gasteiger charge is -2.26. The lowest BCUT2D eigenvalue weighted by molar-refractivity contribution is -0.128. The highest BCUT2D eigenvalue weighted by Crippen LogP contribution is 2.22. The van der Waals surface area contributed by atoms with Gasteiger partial charge in [-0.05, 0) is 31.0 Å². The third kappa shape index (κ3) is 4.46. The van der Waals surface area contributed by atoms with Gasteiger partial charge in [-0.2, -0.15) is 0 Å². The topological polar surface area (TPSA) is 35.6 Å². The molecule has 0 unspecified atom stereocenters. The van der Waals surface area contributed by atoms with Crippen LogP contribution in [-0.4, -0.2) is 43.5 Å². The van der Waals surface area contributed by atoms with E-state index in [0.29, 0.717) is 0 Å². The van der Waals surface area contributed by atoms with Crippen LogP contribution in [0.5, 0.6) is 0 Å². The van der Waals surface area contributed by atoms with Crippen LogP contribution in [0.15, 0.2) is 24.3 Å². The highest BCUT2D eigenvalue weighted by molar-refractivity contribution is 5.73. The first-order valence-corrected chi connectivity index (χ1v) is 8.01. The number of carbonyl (C=O) groups excluding carboxylic acids is 1. The van der Waals surface area contributed by atoms with Crippen molar-refractivity contribution >= 4 is 11.6 Å². The Morgan fingerprint density at radius 3 is 2.76 bits per heavy atom. The lowest BCUT2D eigenvalue weighted by atomic mass is 10.1. The smallest absolute Gasteiger partial charge is 0.219 e. The minimum atomic E-state index is 0.190. The number of para-hydroxylation sites is 1. The van der Waals surface area contributed by atoms with Crippen LogP contribution >= 0.6 is 0 Å². The van der Waals surface area contributed by atoms with E-state index in [2.05, 4.69) is 41.4 Å². The molecule has 1 N–H and O–H groups in total. The molecule has 1 aromatic rings. The highest BCUT2D eigenvalue weighted by Gasteiger charge is 2.18. The minimum Gasteiger partial charge on any atom is -0.369 e. The van der Waals surface area contributed by atoms with Crippen LogP contribution in [0.1, 0.15) is 32.3 Å². The second-order valence-corrected chi connectivity index (χ2v) is 5.65. The molecule has 1 amide bonds. The Hall–Kier alpha value is -1.55. The first-order valence-electron chi connectivity index (χ1n) is 8.01. The van der Waals surface area contributed by atoms with Crippen molar-refractivity contribution in [3.63, 3.8) is 0 Å². The zero-order chi connectivity index (χ0) is 15.1. The van der Waals surface area contributed by atoms with Crippen LogP contribution < -0.4 is 10.2 Å². The van der Waals surface area contributed by atoms with Gasteiger partial charge in [-0.15, -0.1) is 0 Å². The van der Waals surface area contributed by atoms with Crippen molar-refractivity contribution in [2.45, 2.75) is 33.2 Å². The standard InChI is InChI=1S/C17H27N3O/c1-3-9-18-14-16-7-4-5-8-17(16)20-11-6-10-19(12-13-20)15(2)21/h4-5,7-8,18H,3,6,9-14H2,1-2H3. The fourth-order valence-corrected chi connectivity index (χ4v) is 2.84. The Kier molecular flexibility index (Phi) is 6.05. The summed E-state index contributed by atoms with van der Waals surface area (Å²) in [6.45, 7) is 9.46. The molecule has 4 heteroatoms. The average Bonchev–Trinajstić information content (AvgIpc) is 2.74. The van der Waals surface area contributed by atoms with E-state index in [1.54, 1.807) is 6.92 Å². The van der Waals surface area contributed by atoms with Crippen molar-refractivity contribution in [1.82, 2.24) is 10.2 Å². The van der Waals surface area contributed by atoms with Crippen molar-refractivity contribution in [2.24, 2.45) is 0 Å². The number of rotatable bonds is 5. The van der Waals surface area contributed by atoms with E-state index in [4.69, 9.17) is 0 Å². The molecule has 1 aromatic carbocycles. The summed E-state index contributed by atoms with van der Waals surface area (Å²) in [5.41, 5.74) is 2.66. The Balaban J connectivity index is 2.05. The summed E-state index contributed by atoms with van der Waals surface area (Å²) in [6.07, 6.45) is 2.19. The molecule has 1 heterocycles. The maximum atomic E-state index is 11.5. The Labute approximate surface area is 128 Å². The summed E-state index contributed by atoms with van der Waals surface area (Å²) in [5, 5.41) is 3.48. The first-order chi connectivity index (χ1) is 10.2. The molecule has 116 valence electrons. The fourth-order valence-electron chi connectivity index (χ4n) is 2.84. The van der Waals surface area contributed by atoms with Crippen LogP contribution in [0.25, 0.3) is 0 Å². The SMILES string of the molecule is CCCNCc1ccccc1N1CCCN(C(C)=O)CC1. The van der Waals surface area contributed by atoms with Crippen molar-refractivity contribution < 1.29 is 4.79 Å². The zero-order valence-corrected chi connectivity index (χ0v) is 13.3. The van der Waals surface area contributed by atoms with Gasteiger partial charge in [-0.1, -0.05) is 25.1 Å². The molecule has 0 spiro atoms. The molecule has 0 aliphatic carbocycles. The number of anilines is 1. The summed E-state index contributed by atoms with van der Waals surface area (Å²) in [4.78, 5) is 15.9. The lowest BCUT2D eigenvalue weighted by Crippen LogP contribution is -2.34. The summed E-state index contributed by atoms with van der Waals surface area (Å²) in [7, 11) is 0. The van der Waals surface area contributed by atoms with Crippen LogP contribution in [-0.2, 0) is 11.3 Å². The average molecular weight is 289 g/mol. The minimum absolute atomic E-state index is 0.190. The van der Waals surface area contributed by atoms with Gasteiger partial charge in [0.1, 0.15) is 0 Å². The number of hydrogen-bond donors (Lipinski definition) is 1. The molecule has 0 bridgehead atoms. The van der Waals surface area contributed by atoms with E-state index in [-0.39, 0.29) is 5.91 Å². The molecular formula is C17H27N3O. The largest absolute Gasteiger partial charge is 0.369 e. The number of nitrogens with zero attached hydrogens (tertiary/aromatic N) is 2. The normalized spacial score (nSPS) is 15.9. The monoisotopic (exact) mass is 289 g/mol. The van der Waals surface area contributed by atoms with Gasteiger partial charge in [-0.25, -0.2) is 0 Å². The number of benzene rings is 1. The number of carbonyl (C=O) groups is 1.